The van der Waals surface area contributed by atoms with Gasteiger partial charge in [0.25, 0.3) is 0 Å². The van der Waals surface area contributed by atoms with Crippen LogP contribution in [0.2, 0.25) is 5.15 Å². The van der Waals surface area contributed by atoms with Crippen LogP contribution >= 0.6 is 23.4 Å². The van der Waals surface area contributed by atoms with Gasteiger partial charge in [-0.15, -0.1) is 11.8 Å². The lowest BCUT2D eigenvalue weighted by Gasteiger charge is -2.09. The molecule has 0 atom stereocenters. The van der Waals surface area contributed by atoms with Crippen molar-refractivity contribution in [3.05, 3.63) is 58.2 Å². The van der Waals surface area contributed by atoms with E-state index in [1.165, 1.54) is 18.9 Å². The lowest BCUT2D eigenvalue weighted by atomic mass is 10.2. The number of hydrogen-bond donors (Lipinski definition) is 0. The molecule has 20 heavy (non-hydrogen) atoms. The van der Waals surface area contributed by atoms with Gasteiger partial charge in [-0.05, 0) is 24.1 Å². The molecule has 5 heteroatoms. The number of carbonyl (C=O) groups excluding carboxylic acids is 1. The number of esters is 1. The van der Waals surface area contributed by atoms with Crippen LogP contribution in [0.3, 0.4) is 0 Å². The van der Waals surface area contributed by atoms with Gasteiger partial charge >= 0.3 is 5.97 Å². The fourth-order valence-electron chi connectivity index (χ4n) is 1.67. The summed E-state index contributed by atoms with van der Waals surface area (Å²) < 4.78 is 4.79. The number of ether oxygens (including phenoxy) is 1. The highest BCUT2D eigenvalue weighted by Gasteiger charge is 2.16. The Morgan fingerprint density at radius 1 is 1.35 bits per heavy atom. The monoisotopic (exact) mass is 307 g/mol. The zero-order chi connectivity index (χ0) is 14.5. The van der Waals surface area contributed by atoms with Gasteiger partial charge in [-0.25, -0.2) is 9.78 Å². The molecule has 0 aliphatic carbocycles. The Kier molecular flexibility index (Phi) is 5.04. The molecule has 0 aliphatic heterocycles. The van der Waals surface area contributed by atoms with Crippen LogP contribution in [0.4, 0.5) is 0 Å². The summed E-state index contributed by atoms with van der Waals surface area (Å²) >= 11 is 7.51. The second kappa shape index (κ2) is 6.77. The van der Waals surface area contributed by atoms with Crippen LogP contribution in [0.15, 0.2) is 41.4 Å². The van der Waals surface area contributed by atoms with E-state index in [1.54, 1.807) is 6.07 Å². The second-order valence-electron chi connectivity index (χ2n) is 4.21. The molecule has 1 heterocycles. The molecule has 0 amide bonds. The predicted octanol–water partition coefficient (Wildman–Crippen LogP) is 4.12. The smallest absolute Gasteiger partial charge is 0.340 e. The van der Waals surface area contributed by atoms with Crippen molar-refractivity contribution in [3.63, 3.8) is 0 Å². The number of aryl methyl sites for hydroxylation is 1. The van der Waals surface area contributed by atoms with Gasteiger partial charge in [0.05, 0.1) is 12.7 Å². The van der Waals surface area contributed by atoms with E-state index in [-0.39, 0.29) is 0 Å². The number of aromatic nitrogens is 1. The summed E-state index contributed by atoms with van der Waals surface area (Å²) in [5, 5.41) is 1.00. The van der Waals surface area contributed by atoms with Gasteiger partial charge < -0.3 is 4.74 Å². The summed E-state index contributed by atoms with van der Waals surface area (Å²) in [4.78, 5) is 16.1. The summed E-state index contributed by atoms with van der Waals surface area (Å²) in [6, 6.07) is 11.7. The molecule has 0 bridgehead atoms. The number of hydrogen-bond acceptors (Lipinski definition) is 4. The number of benzene rings is 1. The van der Waals surface area contributed by atoms with E-state index < -0.39 is 5.97 Å². The Labute approximate surface area is 127 Å². The summed E-state index contributed by atoms with van der Waals surface area (Å²) in [5.41, 5.74) is 2.37. The first kappa shape index (κ1) is 14.9. The van der Waals surface area contributed by atoms with Crippen molar-refractivity contribution in [2.45, 2.75) is 17.7 Å². The molecule has 1 aromatic carbocycles. The minimum atomic E-state index is -0.396. The largest absolute Gasteiger partial charge is 0.465 e. The number of nitrogens with zero attached hydrogens (tertiary/aromatic N) is 1. The lowest BCUT2D eigenvalue weighted by Crippen LogP contribution is -2.06. The average Bonchev–Trinajstić information content (AvgIpc) is 2.48. The van der Waals surface area contributed by atoms with E-state index in [0.29, 0.717) is 15.7 Å². The molecule has 0 fully saturated rings. The van der Waals surface area contributed by atoms with Crippen LogP contribution in [0, 0.1) is 6.92 Å². The van der Waals surface area contributed by atoms with Crippen molar-refractivity contribution >= 4 is 29.3 Å². The minimum absolute atomic E-state index is 0.396. The van der Waals surface area contributed by atoms with Crippen LogP contribution < -0.4 is 0 Å². The summed E-state index contributed by atoms with van der Waals surface area (Å²) in [6.07, 6.45) is 0. The van der Waals surface area contributed by atoms with Crippen molar-refractivity contribution in [1.82, 2.24) is 4.98 Å². The lowest BCUT2D eigenvalue weighted by molar-refractivity contribution is 0.0595. The Balaban J connectivity index is 2.26. The van der Waals surface area contributed by atoms with Crippen LogP contribution in [0.25, 0.3) is 0 Å². The highest BCUT2D eigenvalue weighted by Crippen LogP contribution is 2.28. The Hall–Kier alpha value is -1.52. The predicted molar refractivity (Wildman–Crippen MR) is 81.3 cm³/mol. The third kappa shape index (κ3) is 3.52. The highest BCUT2D eigenvalue weighted by molar-refractivity contribution is 7.98. The number of halogens is 1. The molecule has 2 aromatic rings. The van der Waals surface area contributed by atoms with E-state index in [4.69, 9.17) is 16.3 Å². The summed E-state index contributed by atoms with van der Waals surface area (Å²) in [7, 11) is 1.36. The van der Waals surface area contributed by atoms with Crippen LogP contribution in [0.1, 0.15) is 21.5 Å². The van der Waals surface area contributed by atoms with Crippen molar-refractivity contribution in [1.29, 1.82) is 0 Å². The molecule has 0 unspecified atom stereocenters. The van der Waals surface area contributed by atoms with E-state index in [2.05, 4.69) is 4.98 Å². The first-order valence-electron chi connectivity index (χ1n) is 6.04. The zero-order valence-electron chi connectivity index (χ0n) is 11.2. The van der Waals surface area contributed by atoms with Gasteiger partial charge in [-0.1, -0.05) is 41.9 Å². The van der Waals surface area contributed by atoms with Crippen LogP contribution in [-0.4, -0.2) is 18.1 Å². The fraction of sp³-hybridized carbons (Fsp3) is 0.200. The number of carbonyl (C=O) groups is 1. The average molecular weight is 308 g/mol. The molecule has 0 spiro atoms. The molecule has 0 saturated heterocycles. The summed E-state index contributed by atoms with van der Waals surface area (Å²) in [5.74, 6) is 0.324. The number of rotatable bonds is 4. The maximum Gasteiger partial charge on any atom is 0.340 e. The fourth-order valence-corrected chi connectivity index (χ4v) is 2.81. The van der Waals surface area contributed by atoms with E-state index in [0.717, 1.165) is 16.9 Å². The maximum atomic E-state index is 11.8. The van der Waals surface area contributed by atoms with Crippen molar-refractivity contribution in [2.75, 3.05) is 7.11 Å². The maximum absolute atomic E-state index is 11.8. The normalized spacial score (nSPS) is 10.3. The molecule has 3 nitrogen and oxygen atoms in total. The quantitative estimate of drug-likeness (QED) is 0.484. The van der Waals surface area contributed by atoms with Gasteiger partial charge in [0.15, 0.2) is 0 Å². The number of pyridine rings is 1. The second-order valence-corrected chi connectivity index (χ2v) is 5.54. The first-order chi connectivity index (χ1) is 9.61. The molecule has 0 radical (unpaired) electrons. The zero-order valence-corrected chi connectivity index (χ0v) is 12.8. The van der Waals surface area contributed by atoms with Crippen molar-refractivity contribution in [3.8, 4) is 0 Å². The van der Waals surface area contributed by atoms with Crippen molar-refractivity contribution < 1.29 is 9.53 Å². The van der Waals surface area contributed by atoms with Crippen LogP contribution in [-0.2, 0) is 10.5 Å². The van der Waals surface area contributed by atoms with Gasteiger partial charge in [-0.3, -0.25) is 0 Å². The molecular formula is C15H14ClNO2S. The standard InChI is InChI=1S/C15H14ClNO2S/c1-10-8-12(15(18)19-2)14(17-13(10)16)20-9-11-6-4-3-5-7-11/h3-8H,9H2,1-2H3. The Bertz CT molecular complexity index is 617. The van der Waals surface area contributed by atoms with Gasteiger partial charge in [0, 0.05) is 5.75 Å². The first-order valence-corrected chi connectivity index (χ1v) is 7.40. The molecule has 2 rings (SSSR count). The van der Waals surface area contributed by atoms with E-state index in [1.807, 2.05) is 37.3 Å². The molecule has 1 aromatic heterocycles. The summed E-state index contributed by atoms with van der Waals surface area (Å²) in [6.45, 7) is 1.81. The molecule has 0 aliphatic rings. The Morgan fingerprint density at radius 2 is 2.05 bits per heavy atom. The molecule has 104 valence electrons. The molecular weight excluding hydrogens is 294 g/mol. The Morgan fingerprint density at radius 3 is 2.70 bits per heavy atom. The van der Waals surface area contributed by atoms with Crippen LogP contribution in [0.5, 0.6) is 0 Å². The van der Waals surface area contributed by atoms with E-state index >= 15 is 0 Å². The third-order valence-corrected chi connectivity index (χ3v) is 4.18. The topological polar surface area (TPSA) is 39.2 Å². The number of methoxy groups -OCH3 is 1. The van der Waals surface area contributed by atoms with Gasteiger partial charge in [0.2, 0.25) is 0 Å². The molecule has 0 N–H and O–H groups in total. The van der Waals surface area contributed by atoms with Crippen molar-refractivity contribution in [2.24, 2.45) is 0 Å². The van der Waals surface area contributed by atoms with Gasteiger partial charge in [0.1, 0.15) is 10.2 Å². The van der Waals surface area contributed by atoms with E-state index in [9.17, 15) is 4.79 Å². The minimum Gasteiger partial charge on any atom is -0.465 e. The SMILES string of the molecule is COC(=O)c1cc(C)c(Cl)nc1SCc1ccccc1. The molecule has 0 saturated carbocycles. The third-order valence-electron chi connectivity index (χ3n) is 2.74. The number of thioether (sulfide) groups is 1. The van der Waals surface area contributed by atoms with Gasteiger partial charge in [-0.2, -0.15) is 0 Å². The highest BCUT2D eigenvalue weighted by atomic mass is 35.5.